The Morgan fingerprint density at radius 1 is 1.32 bits per heavy atom. The average Bonchev–Trinajstić information content (AvgIpc) is 2.78. The fourth-order valence-electron chi connectivity index (χ4n) is 2.22. The largest absolute Gasteiger partial charge is 0.354 e. The number of nitrogens with zero attached hydrogens (tertiary/aromatic N) is 2. The predicted octanol–water partition coefficient (Wildman–Crippen LogP) is 0.525. The van der Waals surface area contributed by atoms with Crippen molar-refractivity contribution in [2.24, 2.45) is 0 Å². The quantitative estimate of drug-likeness (QED) is 0.783. The van der Waals surface area contributed by atoms with Gasteiger partial charge in [-0.2, -0.15) is 0 Å². The number of carbonyl (C=O) groups is 2. The molecule has 1 fully saturated rings. The van der Waals surface area contributed by atoms with Crippen LogP contribution in [0.1, 0.15) is 16.8 Å². The molecule has 0 radical (unpaired) electrons. The Morgan fingerprint density at radius 3 is 3.11 bits per heavy atom. The van der Waals surface area contributed by atoms with Crippen LogP contribution in [0, 0.1) is 0 Å². The van der Waals surface area contributed by atoms with Gasteiger partial charge in [0.1, 0.15) is 0 Å². The first-order valence-corrected chi connectivity index (χ1v) is 6.23. The number of H-pyrrole nitrogens is 1. The Hall–Kier alpha value is -2.37. The number of imidazole rings is 1. The highest BCUT2D eigenvalue weighted by Gasteiger charge is 2.19. The lowest BCUT2D eigenvalue weighted by molar-refractivity contribution is -0.120. The Bertz CT molecular complexity index is 634. The third-order valence-electron chi connectivity index (χ3n) is 3.27. The van der Waals surface area contributed by atoms with Crippen LogP contribution in [-0.2, 0) is 4.79 Å². The Labute approximate surface area is 109 Å². The standard InChI is InChI=1S/C13H14N4O2/c18-12-3-5-17(6-4-14-12)13(19)9-1-2-10-11(7-9)16-8-15-10/h1-2,7-8H,3-6H2,(H,14,18)(H,15,16). The molecule has 2 aromatic rings. The molecular weight excluding hydrogens is 244 g/mol. The van der Waals surface area contributed by atoms with Crippen molar-refractivity contribution in [2.75, 3.05) is 19.6 Å². The van der Waals surface area contributed by atoms with Crippen LogP contribution in [0.15, 0.2) is 24.5 Å². The zero-order chi connectivity index (χ0) is 13.2. The number of rotatable bonds is 1. The van der Waals surface area contributed by atoms with Crippen LogP contribution in [0.4, 0.5) is 0 Å². The number of fused-ring (bicyclic) bond motifs is 1. The number of nitrogens with one attached hydrogen (secondary N) is 2. The first-order chi connectivity index (χ1) is 9.24. The van der Waals surface area contributed by atoms with Gasteiger partial charge in [-0.15, -0.1) is 0 Å². The van der Waals surface area contributed by atoms with E-state index < -0.39 is 0 Å². The van der Waals surface area contributed by atoms with Gasteiger partial charge in [-0.3, -0.25) is 9.59 Å². The topological polar surface area (TPSA) is 78.1 Å². The molecule has 1 aliphatic rings. The first kappa shape index (κ1) is 11.7. The van der Waals surface area contributed by atoms with E-state index in [0.717, 1.165) is 11.0 Å². The summed E-state index contributed by atoms with van der Waals surface area (Å²) in [7, 11) is 0. The van der Waals surface area contributed by atoms with E-state index in [1.54, 1.807) is 23.4 Å². The number of hydrogen-bond donors (Lipinski definition) is 2. The minimum absolute atomic E-state index is 0.000630. The molecule has 2 amide bonds. The van der Waals surface area contributed by atoms with E-state index in [4.69, 9.17) is 0 Å². The van der Waals surface area contributed by atoms with Crippen LogP contribution >= 0.6 is 0 Å². The summed E-state index contributed by atoms with van der Waals surface area (Å²) in [6, 6.07) is 5.39. The molecule has 0 aliphatic carbocycles. The summed E-state index contributed by atoms with van der Waals surface area (Å²) in [5.41, 5.74) is 2.30. The van der Waals surface area contributed by atoms with Crippen molar-refractivity contribution >= 4 is 22.8 Å². The normalized spacial score (nSPS) is 16.2. The Morgan fingerprint density at radius 2 is 2.21 bits per heavy atom. The highest BCUT2D eigenvalue weighted by atomic mass is 16.2. The third kappa shape index (κ3) is 2.29. The van der Waals surface area contributed by atoms with Gasteiger partial charge in [0, 0.05) is 31.6 Å². The van der Waals surface area contributed by atoms with Gasteiger partial charge in [-0.05, 0) is 18.2 Å². The lowest BCUT2D eigenvalue weighted by Crippen LogP contribution is -2.34. The highest BCUT2D eigenvalue weighted by Crippen LogP contribution is 2.14. The molecule has 0 atom stereocenters. The lowest BCUT2D eigenvalue weighted by atomic mass is 10.1. The van der Waals surface area contributed by atoms with Gasteiger partial charge in [0.05, 0.1) is 17.4 Å². The Balaban J connectivity index is 1.83. The molecule has 19 heavy (non-hydrogen) atoms. The molecular formula is C13H14N4O2. The molecule has 3 rings (SSSR count). The number of amides is 2. The van der Waals surface area contributed by atoms with Crippen molar-refractivity contribution in [3.05, 3.63) is 30.1 Å². The van der Waals surface area contributed by atoms with Crippen LogP contribution in [0.5, 0.6) is 0 Å². The molecule has 6 heteroatoms. The van der Waals surface area contributed by atoms with E-state index in [-0.39, 0.29) is 11.8 Å². The van der Waals surface area contributed by atoms with Gasteiger partial charge < -0.3 is 15.2 Å². The number of carbonyl (C=O) groups excluding carboxylic acids is 2. The van der Waals surface area contributed by atoms with Gasteiger partial charge in [0.2, 0.25) is 5.91 Å². The van der Waals surface area contributed by atoms with E-state index in [0.29, 0.717) is 31.6 Å². The van der Waals surface area contributed by atoms with Crippen molar-refractivity contribution < 1.29 is 9.59 Å². The van der Waals surface area contributed by atoms with Crippen molar-refractivity contribution in [3.8, 4) is 0 Å². The zero-order valence-corrected chi connectivity index (χ0v) is 10.3. The van der Waals surface area contributed by atoms with E-state index in [1.807, 2.05) is 6.07 Å². The molecule has 2 heterocycles. The maximum Gasteiger partial charge on any atom is 0.254 e. The molecule has 0 saturated carbocycles. The minimum Gasteiger partial charge on any atom is -0.354 e. The third-order valence-corrected chi connectivity index (χ3v) is 3.27. The van der Waals surface area contributed by atoms with Gasteiger partial charge in [0.15, 0.2) is 0 Å². The van der Waals surface area contributed by atoms with Gasteiger partial charge >= 0.3 is 0 Å². The first-order valence-electron chi connectivity index (χ1n) is 6.23. The van der Waals surface area contributed by atoms with E-state index in [1.165, 1.54) is 0 Å². The van der Waals surface area contributed by atoms with Crippen molar-refractivity contribution in [2.45, 2.75) is 6.42 Å². The smallest absolute Gasteiger partial charge is 0.254 e. The number of aromatic amines is 1. The monoisotopic (exact) mass is 258 g/mol. The van der Waals surface area contributed by atoms with Crippen LogP contribution in [-0.4, -0.2) is 46.3 Å². The summed E-state index contributed by atoms with van der Waals surface area (Å²) in [6.07, 6.45) is 1.96. The summed E-state index contributed by atoms with van der Waals surface area (Å²) < 4.78 is 0. The second kappa shape index (κ2) is 4.72. The van der Waals surface area contributed by atoms with Crippen LogP contribution in [0.25, 0.3) is 11.0 Å². The number of hydrogen-bond acceptors (Lipinski definition) is 3. The fourth-order valence-corrected chi connectivity index (χ4v) is 2.22. The second-order valence-electron chi connectivity index (χ2n) is 4.53. The van der Waals surface area contributed by atoms with Crippen molar-refractivity contribution in [1.29, 1.82) is 0 Å². The molecule has 6 nitrogen and oxygen atoms in total. The summed E-state index contributed by atoms with van der Waals surface area (Å²) in [6.45, 7) is 1.52. The summed E-state index contributed by atoms with van der Waals surface area (Å²) >= 11 is 0. The summed E-state index contributed by atoms with van der Waals surface area (Å²) in [4.78, 5) is 32.5. The van der Waals surface area contributed by atoms with E-state index in [9.17, 15) is 9.59 Å². The lowest BCUT2D eigenvalue weighted by Gasteiger charge is -2.19. The molecule has 0 spiro atoms. The molecule has 1 saturated heterocycles. The van der Waals surface area contributed by atoms with E-state index >= 15 is 0 Å². The molecule has 2 N–H and O–H groups in total. The number of benzene rings is 1. The highest BCUT2D eigenvalue weighted by molar-refractivity contribution is 5.97. The molecule has 1 aromatic carbocycles. The fraction of sp³-hybridized carbons (Fsp3) is 0.308. The maximum atomic E-state index is 12.4. The second-order valence-corrected chi connectivity index (χ2v) is 4.53. The van der Waals surface area contributed by atoms with Crippen molar-refractivity contribution in [1.82, 2.24) is 20.2 Å². The zero-order valence-electron chi connectivity index (χ0n) is 10.3. The predicted molar refractivity (Wildman–Crippen MR) is 69.6 cm³/mol. The molecule has 1 aromatic heterocycles. The summed E-state index contributed by atoms with van der Waals surface area (Å²) in [5, 5.41) is 2.76. The van der Waals surface area contributed by atoms with E-state index in [2.05, 4.69) is 15.3 Å². The average molecular weight is 258 g/mol. The van der Waals surface area contributed by atoms with Gasteiger partial charge in [0.25, 0.3) is 5.91 Å². The van der Waals surface area contributed by atoms with Crippen molar-refractivity contribution in [3.63, 3.8) is 0 Å². The van der Waals surface area contributed by atoms with Crippen LogP contribution in [0.3, 0.4) is 0 Å². The molecule has 1 aliphatic heterocycles. The SMILES string of the molecule is O=C1CCN(C(=O)c2ccc3nc[nH]c3c2)CCN1. The Kier molecular flexibility index (Phi) is 2.91. The number of aromatic nitrogens is 2. The van der Waals surface area contributed by atoms with Crippen LogP contribution < -0.4 is 5.32 Å². The molecule has 98 valence electrons. The molecule has 0 bridgehead atoms. The molecule has 0 unspecified atom stereocenters. The van der Waals surface area contributed by atoms with Gasteiger partial charge in [-0.25, -0.2) is 4.98 Å². The maximum absolute atomic E-state index is 12.4. The van der Waals surface area contributed by atoms with Crippen LogP contribution in [0.2, 0.25) is 0 Å². The minimum atomic E-state index is -0.0481. The summed E-state index contributed by atoms with van der Waals surface area (Å²) in [5.74, 6) is -0.0488. The van der Waals surface area contributed by atoms with Gasteiger partial charge in [-0.1, -0.05) is 0 Å².